The quantitative estimate of drug-likeness (QED) is 0.0761. The lowest BCUT2D eigenvalue weighted by molar-refractivity contribution is -0.140. The molecule has 0 saturated heterocycles. The first-order valence-corrected chi connectivity index (χ1v) is 14.6. The van der Waals surface area contributed by atoms with E-state index in [4.69, 9.17) is 9.47 Å². The molecule has 0 aliphatic heterocycles. The fourth-order valence-electron chi connectivity index (χ4n) is 3.71. The summed E-state index contributed by atoms with van der Waals surface area (Å²) in [7, 11) is 1.37. The van der Waals surface area contributed by atoms with Crippen LogP contribution in [0.25, 0.3) is 0 Å². The van der Waals surface area contributed by atoms with Crippen molar-refractivity contribution in [2.24, 2.45) is 0 Å². The van der Waals surface area contributed by atoms with Gasteiger partial charge in [-0.25, -0.2) is 9.59 Å². The standard InChI is InChI=1S/C37H42O6/c1-3-4-13-26-33(42-36(39)31-22-14-10-15-23-31)27-18-8-6-5-7-9-19-28-34(29-20-12-21-30-35(38)41-2)43-37(40)32-24-16-11-17-25-32/h4,6-20,22-25,27-28,33-34H,3,5,21,26,29-30H2,1-2H3/b8-6?,9-7?,13-4-,20-12-,27-18+,28-19+/t33-,34+/m0/s1. The zero-order chi connectivity index (χ0) is 31.0. The third-order valence-electron chi connectivity index (χ3n) is 6.00. The largest absolute Gasteiger partial charge is 0.469 e. The summed E-state index contributed by atoms with van der Waals surface area (Å²) in [5.41, 5.74) is 1.02. The first kappa shape index (κ1) is 34.5. The minimum Gasteiger partial charge on any atom is -0.469 e. The topological polar surface area (TPSA) is 78.9 Å². The molecule has 2 aromatic carbocycles. The molecule has 43 heavy (non-hydrogen) atoms. The number of ether oxygens (including phenoxy) is 3. The molecule has 2 aromatic rings. The number of carbonyl (C=O) groups excluding carboxylic acids is 3. The average Bonchev–Trinajstić information content (AvgIpc) is 3.04. The lowest BCUT2D eigenvalue weighted by Crippen LogP contribution is -2.15. The molecule has 2 atom stereocenters. The van der Waals surface area contributed by atoms with Gasteiger partial charge in [0.05, 0.1) is 18.2 Å². The van der Waals surface area contributed by atoms with Crippen molar-refractivity contribution in [2.45, 2.75) is 57.7 Å². The van der Waals surface area contributed by atoms with Crippen LogP contribution < -0.4 is 0 Å². The molecule has 0 N–H and O–H groups in total. The van der Waals surface area contributed by atoms with Crippen molar-refractivity contribution in [1.29, 1.82) is 0 Å². The van der Waals surface area contributed by atoms with Crippen LogP contribution in [0.5, 0.6) is 0 Å². The van der Waals surface area contributed by atoms with Crippen LogP contribution in [0.3, 0.4) is 0 Å². The van der Waals surface area contributed by atoms with Crippen LogP contribution in [0.4, 0.5) is 0 Å². The van der Waals surface area contributed by atoms with Crippen molar-refractivity contribution in [1.82, 2.24) is 0 Å². The zero-order valence-electron chi connectivity index (χ0n) is 25.0. The second kappa shape index (κ2) is 22.0. The molecule has 0 unspecified atom stereocenters. The highest BCUT2D eigenvalue weighted by molar-refractivity contribution is 5.90. The van der Waals surface area contributed by atoms with Gasteiger partial charge in [0, 0.05) is 19.3 Å². The van der Waals surface area contributed by atoms with E-state index in [1.54, 1.807) is 36.4 Å². The van der Waals surface area contributed by atoms with Gasteiger partial charge < -0.3 is 14.2 Å². The molecule has 0 aliphatic carbocycles. The van der Waals surface area contributed by atoms with E-state index in [0.29, 0.717) is 43.2 Å². The highest BCUT2D eigenvalue weighted by Crippen LogP contribution is 2.11. The number of carbonyl (C=O) groups is 3. The SMILES string of the molecule is CC/C=C\C[C@@H](/C=C/C=CCC=C/C=C/[C@H](C/C=C\CCC(=O)OC)OC(=O)c1ccccc1)OC(=O)c1ccccc1. The van der Waals surface area contributed by atoms with Crippen molar-refractivity contribution in [2.75, 3.05) is 7.11 Å². The molecular formula is C37H42O6. The summed E-state index contributed by atoms with van der Waals surface area (Å²) in [6, 6.07) is 17.8. The van der Waals surface area contributed by atoms with Gasteiger partial charge in [0.1, 0.15) is 12.2 Å². The van der Waals surface area contributed by atoms with E-state index in [2.05, 4.69) is 17.7 Å². The highest BCUT2D eigenvalue weighted by atomic mass is 16.5. The molecule has 0 spiro atoms. The molecule has 0 amide bonds. The van der Waals surface area contributed by atoms with Gasteiger partial charge in [-0.1, -0.05) is 104 Å². The molecule has 6 nitrogen and oxygen atoms in total. The molecule has 0 aliphatic rings. The van der Waals surface area contributed by atoms with Crippen LogP contribution in [0, 0.1) is 0 Å². The molecule has 226 valence electrons. The lowest BCUT2D eigenvalue weighted by atomic mass is 10.1. The van der Waals surface area contributed by atoms with Crippen molar-refractivity contribution >= 4 is 17.9 Å². The number of hydrogen-bond donors (Lipinski definition) is 0. The normalized spacial score (nSPS) is 13.4. The van der Waals surface area contributed by atoms with Gasteiger partial charge in [-0.15, -0.1) is 0 Å². The Bertz CT molecular complexity index is 1270. The average molecular weight is 583 g/mol. The minimum atomic E-state index is -0.456. The Morgan fingerprint density at radius 3 is 1.60 bits per heavy atom. The molecule has 0 heterocycles. The first-order valence-electron chi connectivity index (χ1n) is 14.6. The van der Waals surface area contributed by atoms with Crippen molar-refractivity contribution < 1.29 is 28.6 Å². The summed E-state index contributed by atoms with van der Waals surface area (Å²) in [5, 5.41) is 0. The predicted molar refractivity (Wildman–Crippen MR) is 172 cm³/mol. The second-order valence-electron chi connectivity index (χ2n) is 9.42. The predicted octanol–water partition coefficient (Wildman–Crippen LogP) is 8.31. The van der Waals surface area contributed by atoms with Gasteiger partial charge in [-0.05, 0) is 55.7 Å². The Kier molecular flexibility index (Phi) is 17.6. The molecular weight excluding hydrogens is 540 g/mol. The number of esters is 3. The highest BCUT2D eigenvalue weighted by Gasteiger charge is 2.13. The third kappa shape index (κ3) is 15.8. The van der Waals surface area contributed by atoms with Gasteiger partial charge in [0.2, 0.25) is 0 Å². The van der Waals surface area contributed by atoms with Gasteiger partial charge >= 0.3 is 17.9 Å². The molecule has 0 radical (unpaired) electrons. The maximum Gasteiger partial charge on any atom is 0.338 e. The van der Waals surface area contributed by atoms with Crippen LogP contribution in [0.15, 0.2) is 134 Å². The zero-order valence-corrected chi connectivity index (χ0v) is 25.0. The van der Waals surface area contributed by atoms with Crippen LogP contribution >= 0.6 is 0 Å². The minimum absolute atomic E-state index is 0.262. The van der Waals surface area contributed by atoms with Crippen LogP contribution in [0.1, 0.15) is 66.2 Å². The fraction of sp³-hybridized carbons (Fsp3) is 0.270. The molecule has 0 fully saturated rings. The Labute approximate surface area is 255 Å². The smallest absolute Gasteiger partial charge is 0.338 e. The number of allylic oxidation sites excluding steroid dienone is 8. The summed E-state index contributed by atoms with van der Waals surface area (Å²) in [5.74, 6) is -1.00. The number of benzene rings is 2. The summed E-state index contributed by atoms with van der Waals surface area (Å²) in [6.07, 6.45) is 25.9. The van der Waals surface area contributed by atoms with Gasteiger partial charge in [0.15, 0.2) is 0 Å². The van der Waals surface area contributed by atoms with Crippen LogP contribution in [-0.4, -0.2) is 37.2 Å². The van der Waals surface area contributed by atoms with E-state index in [1.807, 2.05) is 91.1 Å². The van der Waals surface area contributed by atoms with E-state index >= 15 is 0 Å². The summed E-state index contributed by atoms with van der Waals surface area (Å²) < 4.78 is 16.0. The molecule has 0 aromatic heterocycles. The van der Waals surface area contributed by atoms with E-state index in [1.165, 1.54) is 7.11 Å². The molecule has 0 saturated carbocycles. The first-order chi connectivity index (χ1) is 21.0. The van der Waals surface area contributed by atoms with Crippen molar-refractivity contribution in [3.63, 3.8) is 0 Å². The van der Waals surface area contributed by atoms with E-state index in [9.17, 15) is 14.4 Å². The Morgan fingerprint density at radius 1 is 0.651 bits per heavy atom. The fourth-order valence-corrected chi connectivity index (χ4v) is 3.71. The summed E-state index contributed by atoms with van der Waals surface area (Å²) in [6.45, 7) is 2.06. The molecule has 0 bridgehead atoms. The number of hydrogen-bond acceptors (Lipinski definition) is 6. The van der Waals surface area contributed by atoms with Crippen LogP contribution in [0.2, 0.25) is 0 Å². The van der Waals surface area contributed by atoms with Crippen molar-refractivity contribution in [3.8, 4) is 0 Å². The Balaban J connectivity index is 1.90. The second-order valence-corrected chi connectivity index (χ2v) is 9.42. The van der Waals surface area contributed by atoms with Gasteiger partial charge in [-0.3, -0.25) is 4.79 Å². The molecule has 6 heteroatoms. The van der Waals surface area contributed by atoms with Crippen LogP contribution in [-0.2, 0) is 19.0 Å². The Morgan fingerprint density at radius 2 is 1.14 bits per heavy atom. The van der Waals surface area contributed by atoms with Gasteiger partial charge in [-0.2, -0.15) is 0 Å². The maximum atomic E-state index is 12.6. The monoisotopic (exact) mass is 582 g/mol. The van der Waals surface area contributed by atoms with Crippen molar-refractivity contribution in [3.05, 3.63) is 145 Å². The number of rotatable bonds is 18. The third-order valence-corrected chi connectivity index (χ3v) is 6.00. The summed E-state index contributed by atoms with van der Waals surface area (Å²) >= 11 is 0. The Hall–Kier alpha value is -4.71. The lowest BCUT2D eigenvalue weighted by Gasteiger charge is -2.12. The maximum absolute atomic E-state index is 12.6. The van der Waals surface area contributed by atoms with E-state index < -0.39 is 12.1 Å². The van der Waals surface area contributed by atoms with Gasteiger partial charge in [0.25, 0.3) is 0 Å². The van der Waals surface area contributed by atoms with E-state index in [0.717, 1.165) is 6.42 Å². The van der Waals surface area contributed by atoms with E-state index in [-0.39, 0.29) is 18.0 Å². The number of methoxy groups -OCH3 is 1. The summed E-state index contributed by atoms with van der Waals surface area (Å²) in [4.78, 5) is 36.3. The molecule has 2 rings (SSSR count).